The van der Waals surface area contributed by atoms with Crippen LogP contribution in [0.1, 0.15) is 17.4 Å². The molecular weight excluding hydrogens is 451 g/mol. The van der Waals surface area contributed by atoms with Gasteiger partial charge in [-0.05, 0) is 48.0 Å². The molecule has 0 aliphatic carbocycles. The van der Waals surface area contributed by atoms with Gasteiger partial charge in [0.15, 0.2) is 17.2 Å². The van der Waals surface area contributed by atoms with Crippen LogP contribution in [-0.2, 0) is 4.79 Å². The fourth-order valence-electron chi connectivity index (χ4n) is 3.55. The van der Waals surface area contributed by atoms with Crippen molar-refractivity contribution in [3.05, 3.63) is 84.4 Å². The normalized spacial score (nSPS) is 10.5. The fourth-order valence-corrected chi connectivity index (χ4v) is 3.55. The van der Waals surface area contributed by atoms with Gasteiger partial charge in [-0.3, -0.25) is 9.59 Å². The van der Waals surface area contributed by atoms with E-state index in [9.17, 15) is 14.0 Å². The highest BCUT2D eigenvalue weighted by Gasteiger charge is 2.21. The van der Waals surface area contributed by atoms with Crippen LogP contribution in [-0.4, -0.2) is 35.8 Å². The average molecular weight is 474 g/mol. The first-order valence-electron chi connectivity index (χ1n) is 10.7. The zero-order valence-electron chi connectivity index (χ0n) is 19.3. The van der Waals surface area contributed by atoms with Gasteiger partial charge in [0.1, 0.15) is 5.82 Å². The van der Waals surface area contributed by atoms with Crippen molar-refractivity contribution in [2.24, 2.45) is 0 Å². The Labute approximate surface area is 201 Å². The van der Waals surface area contributed by atoms with Gasteiger partial charge in [-0.1, -0.05) is 24.3 Å². The summed E-state index contributed by atoms with van der Waals surface area (Å²) in [5, 5.41) is 9.67. The SMILES string of the molecule is COc1ccc(-c2cn(-c3ccccc3)nc2C(=O)Nc2ccc(F)c(NC(C)=O)c2)cc1OC. The van der Waals surface area contributed by atoms with Gasteiger partial charge in [-0.25, -0.2) is 9.07 Å². The molecule has 8 nitrogen and oxygen atoms in total. The van der Waals surface area contributed by atoms with Crippen LogP contribution < -0.4 is 20.1 Å². The maximum atomic E-state index is 14.0. The van der Waals surface area contributed by atoms with Gasteiger partial charge >= 0.3 is 0 Å². The number of aromatic nitrogens is 2. The highest BCUT2D eigenvalue weighted by Crippen LogP contribution is 2.34. The van der Waals surface area contributed by atoms with E-state index in [2.05, 4.69) is 15.7 Å². The predicted molar refractivity (Wildman–Crippen MR) is 131 cm³/mol. The third kappa shape index (κ3) is 5.14. The van der Waals surface area contributed by atoms with Gasteiger partial charge in [-0.2, -0.15) is 5.10 Å². The molecule has 0 aliphatic heterocycles. The van der Waals surface area contributed by atoms with E-state index in [-0.39, 0.29) is 11.4 Å². The molecule has 0 spiro atoms. The molecule has 0 unspecified atom stereocenters. The van der Waals surface area contributed by atoms with Crippen molar-refractivity contribution >= 4 is 23.2 Å². The molecule has 0 fully saturated rings. The summed E-state index contributed by atoms with van der Waals surface area (Å²) in [5.41, 5.74) is 2.41. The van der Waals surface area contributed by atoms with E-state index in [1.54, 1.807) is 36.2 Å². The number of hydrogen-bond donors (Lipinski definition) is 2. The molecule has 9 heteroatoms. The summed E-state index contributed by atoms with van der Waals surface area (Å²) in [4.78, 5) is 24.7. The molecule has 0 aliphatic rings. The maximum absolute atomic E-state index is 14.0. The second-order valence-corrected chi connectivity index (χ2v) is 7.57. The first-order chi connectivity index (χ1) is 16.9. The van der Waals surface area contributed by atoms with E-state index in [4.69, 9.17) is 9.47 Å². The molecule has 0 saturated heterocycles. The second kappa shape index (κ2) is 10.1. The third-order valence-electron chi connectivity index (χ3n) is 5.18. The lowest BCUT2D eigenvalue weighted by Gasteiger charge is -2.10. The minimum atomic E-state index is -0.613. The average Bonchev–Trinajstić information content (AvgIpc) is 3.31. The Morgan fingerprint density at radius 3 is 2.34 bits per heavy atom. The topological polar surface area (TPSA) is 94.5 Å². The van der Waals surface area contributed by atoms with E-state index < -0.39 is 17.6 Å². The van der Waals surface area contributed by atoms with Crippen molar-refractivity contribution in [2.75, 3.05) is 24.9 Å². The van der Waals surface area contributed by atoms with Gasteiger partial charge in [-0.15, -0.1) is 0 Å². The Hall–Kier alpha value is -4.66. The summed E-state index contributed by atoms with van der Waals surface area (Å²) in [6.45, 7) is 1.27. The number of ether oxygens (including phenoxy) is 2. The number of anilines is 2. The molecule has 35 heavy (non-hydrogen) atoms. The minimum absolute atomic E-state index is 0.0368. The Balaban J connectivity index is 1.75. The number of halogens is 1. The van der Waals surface area contributed by atoms with Crippen molar-refractivity contribution in [2.45, 2.75) is 6.92 Å². The maximum Gasteiger partial charge on any atom is 0.276 e. The number of hydrogen-bond acceptors (Lipinski definition) is 5. The summed E-state index contributed by atoms with van der Waals surface area (Å²) >= 11 is 0. The molecule has 4 rings (SSSR count). The number of methoxy groups -OCH3 is 2. The smallest absolute Gasteiger partial charge is 0.276 e. The summed E-state index contributed by atoms with van der Waals surface area (Å²) in [5.74, 6) is -0.496. The van der Waals surface area contributed by atoms with Crippen LogP contribution in [0.4, 0.5) is 15.8 Å². The van der Waals surface area contributed by atoms with E-state index in [0.29, 0.717) is 28.3 Å². The molecule has 2 N–H and O–H groups in total. The zero-order valence-corrected chi connectivity index (χ0v) is 19.3. The van der Waals surface area contributed by atoms with Crippen LogP contribution in [0.2, 0.25) is 0 Å². The molecule has 0 bridgehead atoms. The molecule has 0 radical (unpaired) electrons. The molecule has 1 aromatic heterocycles. The molecule has 2 amide bonds. The van der Waals surface area contributed by atoms with Gasteiger partial charge < -0.3 is 20.1 Å². The van der Waals surface area contributed by atoms with Gasteiger partial charge in [0, 0.05) is 24.4 Å². The van der Waals surface area contributed by atoms with E-state index in [0.717, 1.165) is 5.69 Å². The molecule has 4 aromatic rings. The highest BCUT2D eigenvalue weighted by atomic mass is 19.1. The lowest BCUT2D eigenvalue weighted by Crippen LogP contribution is -2.15. The Morgan fingerprint density at radius 1 is 0.914 bits per heavy atom. The number of carbonyl (C=O) groups excluding carboxylic acids is 2. The van der Waals surface area contributed by atoms with Gasteiger partial charge in [0.25, 0.3) is 5.91 Å². The van der Waals surface area contributed by atoms with Gasteiger partial charge in [0.05, 0.1) is 25.6 Å². The number of carbonyl (C=O) groups is 2. The van der Waals surface area contributed by atoms with Crippen molar-refractivity contribution < 1.29 is 23.5 Å². The lowest BCUT2D eigenvalue weighted by molar-refractivity contribution is -0.114. The van der Waals surface area contributed by atoms with Crippen LogP contribution in [0, 0.1) is 5.82 Å². The standard InChI is InChI=1S/C26H23FN4O4/c1-16(32)28-22-14-18(10-11-21(22)27)29-26(33)25-20(15-31(30-25)19-7-5-4-6-8-19)17-9-12-23(34-2)24(13-17)35-3/h4-15H,1-3H3,(H,28,32)(H,29,33). The Morgan fingerprint density at radius 2 is 1.66 bits per heavy atom. The van der Waals surface area contributed by atoms with Crippen LogP contribution >= 0.6 is 0 Å². The van der Waals surface area contributed by atoms with Crippen molar-refractivity contribution in [3.63, 3.8) is 0 Å². The van der Waals surface area contributed by atoms with Crippen molar-refractivity contribution in [1.82, 2.24) is 9.78 Å². The summed E-state index contributed by atoms with van der Waals surface area (Å²) in [6, 6.07) is 18.6. The highest BCUT2D eigenvalue weighted by molar-refractivity contribution is 6.07. The fraction of sp³-hybridized carbons (Fsp3) is 0.115. The first kappa shape index (κ1) is 23.5. The van der Waals surface area contributed by atoms with Crippen molar-refractivity contribution in [1.29, 1.82) is 0 Å². The Kier molecular flexibility index (Phi) is 6.77. The largest absolute Gasteiger partial charge is 0.493 e. The summed E-state index contributed by atoms with van der Waals surface area (Å²) in [6.07, 6.45) is 1.75. The number of nitrogens with zero attached hydrogens (tertiary/aromatic N) is 2. The number of benzene rings is 3. The molecule has 1 heterocycles. The van der Waals surface area contributed by atoms with Crippen LogP contribution in [0.3, 0.4) is 0 Å². The summed E-state index contributed by atoms with van der Waals surface area (Å²) in [7, 11) is 3.07. The quantitative estimate of drug-likeness (QED) is 0.397. The number of amides is 2. The molecule has 178 valence electrons. The number of nitrogens with one attached hydrogen (secondary N) is 2. The first-order valence-corrected chi connectivity index (χ1v) is 10.7. The van der Waals surface area contributed by atoms with Crippen LogP contribution in [0.15, 0.2) is 72.9 Å². The van der Waals surface area contributed by atoms with E-state index >= 15 is 0 Å². The Bertz CT molecular complexity index is 1390. The lowest BCUT2D eigenvalue weighted by atomic mass is 10.1. The zero-order chi connectivity index (χ0) is 24.9. The monoisotopic (exact) mass is 474 g/mol. The number of rotatable bonds is 7. The third-order valence-corrected chi connectivity index (χ3v) is 5.18. The minimum Gasteiger partial charge on any atom is -0.493 e. The predicted octanol–water partition coefficient (Wildman–Crippen LogP) is 4.91. The van der Waals surface area contributed by atoms with Crippen LogP contribution in [0.5, 0.6) is 11.5 Å². The van der Waals surface area contributed by atoms with Gasteiger partial charge in [0.2, 0.25) is 5.91 Å². The van der Waals surface area contributed by atoms with Crippen molar-refractivity contribution in [3.8, 4) is 28.3 Å². The molecule has 0 saturated carbocycles. The summed E-state index contributed by atoms with van der Waals surface area (Å²) < 4.78 is 26.4. The second-order valence-electron chi connectivity index (χ2n) is 7.57. The molecule has 3 aromatic carbocycles. The molecular formula is C26H23FN4O4. The van der Waals surface area contributed by atoms with E-state index in [1.807, 2.05) is 30.3 Å². The number of para-hydroxylation sites is 1. The van der Waals surface area contributed by atoms with Crippen LogP contribution in [0.25, 0.3) is 16.8 Å². The van der Waals surface area contributed by atoms with E-state index in [1.165, 1.54) is 32.2 Å². The molecule has 0 atom stereocenters.